The van der Waals surface area contributed by atoms with Gasteiger partial charge in [0.2, 0.25) is 5.91 Å². The highest BCUT2D eigenvalue weighted by molar-refractivity contribution is 5.91. The molecule has 0 N–H and O–H groups in total. The Kier molecular flexibility index (Phi) is 5.52. The van der Waals surface area contributed by atoms with E-state index >= 15 is 0 Å². The maximum Gasteiger partial charge on any atom is 0.289 e. The number of nitrogens with zero attached hydrogens (tertiary/aromatic N) is 4. The molecule has 0 aromatic carbocycles. The number of carbonyl (C=O) groups excluding carboxylic acids is 2. The van der Waals surface area contributed by atoms with Crippen LogP contribution in [0.1, 0.15) is 17.5 Å². The predicted molar refractivity (Wildman–Crippen MR) is 89.7 cm³/mol. The fourth-order valence-electron chi connectivity index (χ4n) is 3.27. The van der Waals surface area contributed by atoms with E-state index in [9.17, 15) is 9.59 Å². The highest BCUT2D eigenvalue weighted by atomic mass is 16.3. The minimum absolute atomic E-state index is 0.0946. The largest absolute Gasteiger partial charge is 0.459 e. The molecular formula is C17H26N4O3. The van der Waals surface area contributed by atoms with Gasteiger partial charge in [-0.2, -0.15) is 0 Å². The molecule has 0 atom stereocenters. The fraction of sp³-hybridized carbons (Fsp3) is 0.647. The molecule has 7 heteroatoms. The second kappa shape index (κ2) is 7.81. The van der Waals surface area contributed by atoms with Crippen molar-refractivity contribution in [2.24, 2.45) is 0 Å². The van der Waals surface area contributed by atoms with Crippen molar-refractivity contribution in [2.75, 3.05) is 65.4 Å². The lowest BCUT2D eigenvalue weighted by molar-refractivity contribution is -0.134. The van der Waals surface area contributed by atoms with Crippen molar-refractivity contribution in [1.29, 1.82) is 0 Å². The molecule has 2 amide bonds. The standard InChI is InChI=1S/C17H26N4O3/c1-2-18-5-7-19(8-6-18)14-16(22)20-9-11-21(12-10-20)17(23)15-4-3-13-24-15/h3-4,13H,2,5-12,14H2,1H3. The van der Waals surface area contributed by atoms with Crippen LogP contribution < -0.4 is 0 Å². The fourth-order valence-corrected chi connectivity index (χ4v) is 3.27. The van der Waals surface area contributed by atoms with Crippen molar-refractivity contribution in [3.63, 3.8) is 0 Å². The molecule has 2 aliphatic heterocycles. The number of likely N-dealkylation sites (N-methyl/N-ethyl adjacent to an activating group) is 1. The lowest BCUT2D eigenvalue weighted by Gasteiger charge is -2.37. The van der Waals surface area contributed by atoms with E-state index in [-0.39, 0.29) is 11.8 Å². The summed E-state index contributed by atoms with van der Waals surface area (Å²) in [4.78, 5) is 33.0. The Morgan fingerprint density at radius 3 is 2.17 bits per heavy atom. The lowest BCUT2D eigenvalue weighted by Crippen LogP contribution is -2.54. The van der Waals surface area contributed by atoms with Gasteiger partial charge in [-0.1, -0.05) is 6.92 Å². The van der Waals surface area contributed by atoms with E-state index in [4.69, 9.17) is 4.42 Å². The van der Waals surface area contributed by atoms with Crippen LogP contribution in [0.5, 0.6) is 0 Å². The SMILES string of the molecule is CCN1CCN(CC(=O)N2CCN(C(=O)c3ccco3)CC2)CC1. The van der Waals surface area contributed by atoms with Crippen molar-refractivity contribution in [3.05, 3.63) is 24.2 Å². The Morgan fingerprint density at radius 1 is 0.958 bits per heavy atom. The van der Waals surface area contributed by atoms with E-state index in [1.54, 1.807) is 17.0 Å². The first-order chi connectivity index (χ1) is 11.7. The third-order valence-electron chi connectivity index (χ3n) is 4.92. The molecule has 0 saturated carbocycles. The quantitative estimate of drug-likeness (QED) is 0.787. The summed E-state index contributed by atoms with van der Waals surface area (Å²) >= 11 is 0. The van der Waals surface area contributed by atoms with Gasteiger partial charge in [0.25, 0.3) is 5.91 Å². The van der Waals surface area contributed by atoms with Crippen LogP contribution in [0.3, 0.4) is 0 Å². The first-order valence-electron chi connectivity index (χ1n) is 8.72. The zero-order valence-corrected chi connectivity index (χ0v) is 14.3. The van der Waals surface area contributed by atoms with Gasteiger partial charge in [0, 0.05) is 52.4 Å². The first-order valence-corrected chi connectivity index (χ1v) is 8.72. The summed E-state index contributed by atoms with van der Waals surface area (Å²) in [5.41, 5.74) is 0. The second-order valence-electron chi connectivity index (χ2n) is 6.36. The molecule has 3 rings (SSSR count). The number of amides is 2. The highest BCUT2D eigenvalue weighted by Crippen LogP contribution is 2.10. The number of hydrogen-bond donors (Lipinski definition) is 0. The van der Waals surface area contributed by atoms with Crippen LogP contribution in [0.25, 0.3) is 0 Å². The molecule has 7 nitrogen and oxygen atoms in total. The molecule has 0 spiro atoms. The summed E-state index contributed by atoms with van der Waals surface area (Å²) in [6, 6.07) is 3.39. The van der Waals surface area contributed by atoms with E-state index in [1.807, 2.05) is 4.90 Å². The van der Waals surface area contributed by atoms with Crippen LogP contribution in [0.4, 0.5) is 0 Å². The molecule has 2 fully saturated rings. The van der Waals surface area contributed by atoms with Crippen LogP contribution in [0.2, 0.25) is 0 Å². The predicted octanol–water partition coefficient (Wildman–Crippen LogP) is 0.202. The molecule has 0 unspecified atom stereocenters. The third-order valence-corrected chi connectivity index (χ3v) is 4.92. The lowest BCUT2D eigenvalue weighted by atomic mass is 10.2. The Morgan fingerprint density at radius 2 is 1.58 bits per heavy atom. The van der Waals surface area contributed by atoms with E-state index in [0.717, 1.165) is 32.7 Å². The van der Waals surface area contributed by atoms with Crippen LogP contribution in [-0.2, 0) is 4.79 Å². The van der Waals surface area contributed by atoms with Gasteiger partial charge in [-0.15, -0.1) is 0 Å². The second-order valence-corrected chi connectivity index (χ2v) is 6.36. The highest BCUT2D eigenvalue weighted by Gasteiger charge is 2.27. The molecule has 24 heavy (non-hydrogen) atoms. The van der Waals surface area contributed by atoms with Crippen molar-refractivity contribution < 1.29 is 14.0 Å². The van der Waals surface area contributed by atoms with Crippen molar-refractivity contribution >= 4 is 11.8 Å². The molecule has 2 saturated heterocycles. The van der Waals surface area contributed by atoms with Crippen LogP contribution >= 0.6 is 0 Å². The Labute approximate surface area is 142 Å². The zero-order valence-electron chi connectivity index (χ0n) is 14.3. The van der Waals surface area contributed by atoms with Gasteiger partial charge in [0.15, 0.2) is 5.76 Å². The topological polar surface area (TPSA) is 60.2 Å². The average Bonchev–Trinajstić information content (AvgIpc) is 3.16. The molecule has 2 aliphatic rings. The molecule has 0 bridgehead atoms. The van der Waals surface area contributed by atoms with E-state index in [2.05, 4.69) is 16.7 Å². The molecule has 3 heterocycles. The molecule has 0 aliphatic carbocycles. The van der Waals surface area contributed by atoms with Crippen LogP contribution in [-0.4, -0.2) is 96.9 Å². The number of hydrogen-bond acceptors (Lipinski definition) is 5. The minimum Gasteiger partial charge on any atom is -0.459 e. The molecular weight excluding hydrogens is 308 g/mol. The van der Waals surface area contributed by atoms with E-state index in [0.29, 0.717) is 38.5 Å². The summed E-state index contributed by atoms with van der Waals surface area (Å²) in [5.74, 6) is 0.441. The summed E-state index contributed by atoms with van der Waals surface area (Å²) in [5, 5.41) is 0. The van der Waals surface area contributed by atoms with Crippen LogP contribution in [0, 0.1) is 0 Å². The van der Waals surface area contributed by atoms with Crippen molar-refractivity contribution in [3.8, 4) is 0 Å². The first kappa shape index (κ1) is 17.0. The summed E-state index contributed by atoms with van der Waals surface area (Å²) in [6.45, 7) is 10.0. The van der Waals surface area contributed by atoms with E-state index < -0.39 is 0 Å². The van der Waals surface area contributed by atoms with Gasteiger partial charge in [-0.3, -0.25) is 14.5 Å². The van der Waals surface area contributed by atoms with Gasteiger partial charge in [-0.25, -0.2) is 0 Å². The average molecular weight is 334 g/mol. The Hall–Kier alpha value is -1.86. The summed E-state index contributed by atoms with van der Waals surface area (Å²) in [7, 11) is 0. The third kappa shape index (κ3) is 3.96. The summed E-state index contributed by atoms with van der Waals surface area (Å²) < 4.78 is 5.16. The van der Waals surface area contributed by atoms with Gasteiger partial charge >= 0.3 is 0 Å². The normalized spacial score (nSPS) is 20.4. The van der Waals surface area contributed by atoms with Crippen molar-refractivity contribution in [2.45, 2.75) is 6.92 Å². The molecule has 1 aromatic rings. The smallest absolute Gasteiger partial charge is 0.289 e. The number of furan rings is 1. The Bertz CT molecular complexity index is 544. The maximum atomic E-state index is 12.5. The van der Waals surface area contributed by atoms with Crippen molar-refractivity contribution in [1.82, 2.24) is 19.6 Å². The van der Waals surface area contributed by atoms with Gasteiger partial charge < -0.3 is 19.1 Å². The summed E-state index contributed by atoms with van der Waals surface area (Å²) in [6.07, 6.45) is 1.51. The van der Waals surface area contributed by atoms with Gasteiger partial charge in [0.1, 0.15) is 0 Å². The number of piperazine rings is 2. The van der Waals surface area contributed by atoms with Crippen LogP contribution in [0.15, 0.2) is 22.8 Å². The molecule has 0 radical (unpaired) electrons. The molecule has 132 valence electrons. The number of rotatable bonds is 4. The minimum atomic E-state index is -0.0946. The number of carbonyl (C=O) groups is 2. The maximum absolute atomic E-state index is 12.5. The van der Waals surface area contributed by atoms with E-state index in [1.165, 1.54) is 6.26 Å². The zero-order chi connectivity index (χ0) is 16.9. The van der Waals surface area contributed by atoms with Gasteiger partial charge in [0.05, 0.1) is 12.8 Å². The van der Waals surface area contributed by atoms with Gasteiger partial charge in [-0.05, 0) is 18.7 Å². The monoisotopic (exact) mass is 334 g/mol. The molecule has 1 aromatic heterocycles. The Balaban J connectivity index is 1.43.